The van der Waals surface area contributed by atoms with Gasteiger partial charge in [-0.15, -0.1) is 0 Å². The summed E-state index contributed by atoms with van der Waals surface area (Å²) in [7, 11) is -3.18. The summed E-state index contributed by atoms with van der Waals surface area (Å²) in [5, 5.41) is 0. The average molecular weight is 311 g/mol. The van der Waals surface area contributed by atoms with Crippen molar-refractivity contribution >= 4 is 10.0 Å². The molecule has 1 aromatic rings. The lowest BCUT2D eigenvalue weighted by molar-refractivity contribution is 0.384. The second-order valence-corrected chi connectivity index (χ2v) is 8.26. The second kappa shape index (κ2) is 6.48. The van der Waals surface area contributed by atoms with E-state index in [9.17, 15) is 8.42 Å². The lowest BCUT2D eigenvalue weighted by Gasteiger charge is -2.21. The summed E-state index contributed by atoms with van der Waals surface area (Å²) in [5.74, 6) is 1.72. The first-order chi connectivity index (χ1) is 10.1. The number of aromatic nitrogens is 2. The minimum Gasteiger partial charge on any atom is -0.335 e. The molecule has 0 atom stereocenters. The topological polar surface area (TPSA) is 64.0 Å². The molecule has 0 spiro atoms. The number of sulfonamides is 1. The van der Waals surface area contributed by atoms with Crippen molar-refractivity contribution in [2.24, 2.45) is 5.92 Å². The van der Waals surface area contributed by atoms with Crippen molar-refractivity contribution in [1.29, 1.82) is 0 Å². The molecule has 1 aliphatic carbocycles. The Hall–Kier alpha value is -0.880. The van der Waals surface area contributed by atoms with E-state index in [1.165, 1.54) is 32.1 Å². The molecule has 3 rings (SSSR count). The SMILES string of the molecule is O=S(=O)(CC1CCCCC1)NCc1cn2c(n1)CCCC2. The van der Waals surface area contributed by atoms with Crippen LogP contribution in [0.2, 0.25) is 0 Å². The number of nitrogens with zero attached hydrogens (tertiary/aromatic N) is 2. The number of fused-ring (bicyclic) bond motifs is 1. The van der Waals surface area contributed by atoms with Crippen LogP contribution < -0.4 is 4.72 Å². The number of nitrogens with one attached hydrogen (secondary N) is 1. The number of hydrogen-bond donors (Lipinski definition) is 1. The van der Waals surface area contributed by atoms with Crippen molar-refractivity contribution < 1.29 is 8.42 Å². The van der Waals surface area contributed by atoms with Crippen LogP contribution in [0, 0.1) is 5.92 Å². The zero-order chi connectivity index (χ0) is 14.7. The summed E-state index contributed by atoms with van der Waals surface area (Å²) in [6, 6.07) is 0. The lowest BCUT2D eigenvalue weighted by atomic mass is 9.91. The van der Waals surface area contributed by atoms with Crippen LogP contribution in [0.15, 0.2) is 6.20 Å². The van der Waals surface area contributed by atoms with Gasteiger partial charge in [-0.3, -0.25) is 0 Å². The highest BCUT2D eigenvalue weighted by Gasteiger charge is 2.21. The quantitative estimate of drug-likeness (QED) is 0.907. The highest BCUT2D eigenvalue weighted by atomic mass is 32.2. The highest BCUT2D eigenvalue weighted by molar-refractivity contribution is 7.89. The van der Waals surface area contributed by atoms with Gasteiger partial charge in [0.15, 0.2) is 0 Å². The van der Waals surface area contributed by atoms with Crippen LogP contribution in [-0.4, -0.2) is 23.7 Å². The second-order valence-electron chi connectivity index (χ2n) is 6.41. The van der Waals surface area contributed by atoms with Gasteiger partial charge in [-0.1, -0.05) is 19.3 Å². The van der Waals surface area contributed by atoms with Crippen LogP contribution in [0.1, 0.15) is 56.5 Å². The highest BCUT2D eigenvalue weighted by Crippen LogP contribution is 2.24. The predicted molar refractivity (Wildman–Crippen MR) is 82.4 cm³/mol. The van der Waals surface area contributed by atoms with E-state index in [2.05, 4.69) is 14.3 Å². The van der Waals surface area contributed by atoms with Gasteiger partial charge in [-0.05, 0) is 31.6 Å². The molecule has 6 heteroatoms. The third kappa shape index (κ3) is 4.07. The monoisotopic (exact) mass is 311 g/mol. The van der Waals surface area contributed by atoms with Crippen molar-refractivity contribution in [2.45, 2.75) is 64.5 Å². The van der Waals surface area contributed by atoms with Crippen molar-refractivity contribution in [3.8, 4) is 0 Å². The molecular formula is C15H25N3O2S. The molecule has 5 nitrogen and oxygen atoms in total. The summed E-state index contributed by atoms with van der Waals surface area (Å²) in [5.41, 5.74) is 0.846. The molecule has 0 aromatic carbocycles. The van der Waals surface area contributed by atoms with Gasteiger partial charge in [0.25, 0.3) is 0 Å². The number of rotatable bonds is 5. The van der Waals surface area contributed by atoms with E-state index in [-0.39, 0.29) is 5.75 Å². The molecule has 118 valence electrons. The fraction of sp³-hybridized carbons (Fsp3) is 0.800. The van der Waals surface area contributed by atoms with Crippen LogP contribution in [0.25, 0.3) is 0 Å². The molecule has 1 saturated carbocycles. The zero-order valence-electron chi connectivity index (χ0n) is 12.6. The van der Waals surface area contributed by atoms with Gasteiger partial charge in [0.05, 0.1) is 18.0 Å². The molecule has 1 aliphatic heterocycles. The summed E-state index contributed by atoms with van der Waals surface area (Å²) < 4.78 is 29.2. The summed E-state index contributed by atoms with van der Waals surface area (Å²) in [6.07, 6.45) is 11.1. The van der Waals surface area contributed by atoms with Crippen molar-refractivity contribution in [3.63, 3.8) is 0 Å². The fourth-order valence-corrected chi connectivity index (χ4v) is 4.90. The Morgan fingerprint density at radius 2 is 2.00 bits per heavy atom. The van der Waals surface area contributed by atoms with Crippen molar-refractivity contribution in [3.05, 3.63) is 17.7 Å². The van der Waals surface area contributed by atoms with E-state index in [4.69, 9.17) is 0 Å². The normalized spacial score (nSPS) is 20.4. The average Bonchev–Trinajstić information content (AvgIpc) is 2.89. The molecule has 2 heterocycles. The minimum atomic E-state index is -3.18. The molecule has 0 unspecified atom stereocenters. The maximum absolute atomic E-state index is 12.2. The number of aryl methyl sites for hydroxylation is 2. The molecule has 1 fully saturated rings. The van der Waals surface area contributed by atoms with Crippen LogP contribution in [-0.2, 0) is 29.5 Å². The predicted octanol–water partition coefficient (Wildman–Crippen LogP) is 2.22. The number of hydrogen-bond acceptors (Lipinski definition) is 3. The lowest BCUT2D eigenvalue weighted by Crippen LogP contribution is -2.30. The Morgan fingerprint density at radius 3 is 2.76 bits per heavy atom. The first-order valence-corrected chi connectivity index (χ1v) is 9.80. The van der Waals surface area contributed by atoms with E-state index in [0.717, 1.165) is 37.3 Å². The van der Waals surface area contributed by atoms with Crippen LogP contribution in [0.4, 0.5) is 0 Å². The molecule has 0 saturated heterocycles. The summed E-state index contributed by atoms with van der Waals surface area (Å²) >= 11 is 0. The van der Waals surface area contributed by atoms with Gasteiger partial charge in [0.2, 0.25) is 10.0 Å². The van der Waals surface area contributed by atoms with Gasteiger partial charge in [0, 0.05) is 19.2 Å². The standard InChI is InChI=1S/C15H25N3O2S/c19-21(20,12-13-6-2-1-3-7-13)16-10-14-11-18-9-5-4-8-15(18)17-14/h11,13,16H,1-10,12H2. The van der Waals surface area contributed by atoms with Gasteiger partial charge in [0.1, 0.15) is 5.82 Å². The maximum Gasteiger partial charge on any atom is 0.212 e. The number of imidazole rings is 1. The molecule has 1 aromatic heterocycles. The van der Waals surface area contributed by atoms with Gasteiger partial charge >= 0.3 is 0 Å². The molecule has 0 amide bonds. The fourth-order valence-electron chi connectivity index (χ4n) is 3.46. The molecule has 0 radical (unpaired) electrons. The Bertz CT molecular complexity index is 550. The molecule has 1 N–H and O–H groups in total. The van der Waals surface area contributed by atoms with Crippen molar-refractivity contribution in [2.75, 3.05) is 5.75 Å². The summed E-state index contributed by atoms with van der Waals surface area (Å²) in [6.45, 7) is 1.34. The van der Waals surface area contributed by atoms with Crippen LogP contribution >= 0.6 is 0 Å². The summed E-state index contributed by atoms with van der Waals surface area (Å²) in [4.78, 5) is 4.54. The van der Waals surface area contributed by atoms with Crippen molar-refractivity contribution in [1.82, 2.24) is 14.3 Å². The zero-order valence-corrected chi connectivity index (χ0v) is 13.4. The van der Waals surface area contributed by atoms with E-state index in [1.807, 2.05) is 6.20 Å². The third-order valence-electron chi connectivity index (χ3n) is 4.61. The smallest absolute Gasteiger partial charge is 0.212 e. The molecule has 0 bridgehead atoms. The van der Waals surface area contributed by atoms with E-state index >= 15 is 0 Å². The maximum atomic E-state index is 12.2. The van der Waals surface area contributed by atoms with Gasteiger partial charge in [-0.25, -0.2) is 18.1 Å². The Morgan fingerprint density at radius 1 is 1.19 bits per heavy atom. The van der Waals surface area contributed by atoms with Crippen LogP contribution in [0.3, 0.4) is 0 Å². The minimum absolute atomic E-state index is 0.278. The van der Waals surface area contributed by atoms with E-state index in [0.29, 0.717) is 12.5 Å². The van der Waals surface area contributed by atoms with Crippen LogP contribution in [0.5, 0.6) is 0 Å². The van der Waals surface area contributed by atoms with E-state index < -0.39 is 10.0 Å². The first kappa shape index (κ1) is 15.0. The molecule has 2 aliphatic rings. The molecular weight excluding hydrogens is 286 g/mol. The van der Waals surface area contributed by atoms with Gasteiger partial charge in [-0.2, -0.15) is 0 Å². The Kier molecular flexibility index (Phi) is 4.64. The van der Waals surface area contributed by atoms with E-state index in [1.54, 1.807) is 0 Å². The third-order valence-corrected chi connectivity index (χ3v) is 6.11. The largest absolute Gasteiger partial charge is 0.335 e. The molecule has 21 heavy (non-hydrogen) atoms. The van der Waals surface area contributed by atoms with Gasteiger partial charge < -0.3 is 4.57 Å². The Balaban J connectivity index is 1.54. The Labute approximate surface area is 127 Å². The first-order valence-electron chi connectivity index (χ1n) is 8.15.